The van der Waals surface area contributed by atoms with Crippen molar-refractivity contribution < 1.29 is 23.5 Å². The molecular weight excluding hydrogens is 393 g/mol. The molecule has 0 saturated carbocycles. The van der Waals surface area contributed by atoms with E-state index in [0.717, 1.165) is 12.1 Å². The third-order valence-electron chi connectivity index (χ3n) is 3.70. The molecule has 1 amide bonds. The topological polar surface area (TPSA) is 113 Å². The predicted octanol–water partition coefficient (Wildman–Crippen LogP) is 2.60. The van der Waals surface area contributed by atoms with Crippen LogP contribution in [0.3, 0.4) is 0 Å². The SMILES string of the molecule is C[C@H](OC(=O)COc1ccc(F)cc1Cl)C(=O)Nc1ccc2[nH]c(=O)[nH]c2c1. The maximum Gasteiger partial charge on any atom is 0.344 e. The highest BCUT2D eigenvalue weighted by atomic mass is 35.5. The second kappa shape index (κ2) is 8.13. The Balaban J connectivity index is 1.53. The van der Waals surface area contributed by atoms with Gasteiger partial charge in [-0.15, -0.1) is 0 Å². The number of amides is 1. The van der Waals surface area contributed by atoms with Crippen molar-refractivity contribution in [1.29, 1.82) is 0 Å². The summed E-state index contributed by atoms with van der Waals surface area (Å²) in [7, 11) is 0. The third-order valence-corrected chi connectivity index (χ3v) is 4.00. The van der Waals surface area contributed by atoms with Crippen molar-refractivity contribution in [2.24, 2.45) is 0 Å². The number of aromatic nitrogens is 2. The Bertz CT molecular complexity index is 1090. The maximum absolute atomic E-state index is 13.0. The van der Waals surface area contributed by atoms with E-state index in [2.05, 4.69) is 15.3 Å². The van der Waals surface area contributed by atoms with Crippen LogP contribution in [0.2, 0.25) is 5.02 Å². The Morgan fingerprint density at radius 2 is 1.93 bits per heavy atom. The summed E-state index contributed by atoms with van der Waals surface area (Å²) in [6.07, 6.45) is -1.10. The molecule has 0 bridgehead atoms. The van der Waals surface area contributed by atoms with E-state index in [9.17, 15) is 18.8 Å². The van der Waals surface area contributed by atoms with E-state index in [1.165, 1.54) is 13.0 Å². The van der Waals surface area contributed by atoms with E-state index in [-0.39, 0.29) is 16.5 Å². The van der Waals surface area contributed by atoms with Crippen molar-refractivity contribution in [3.63, 3.8) is 0 Å². The number of rotatable bonds is 6. The molecule has 1 aromatic heterocycles. The van der Waals surface area contributed by atoms with Gasteiger partial charge in [0.2, 0.25) is 0 Å². The molecule has 8 nitrogen and oxygen atoms in total. The summed E-state index contributed by atoms with van der Waals surface area (Å²) in [5, 5.41) is 2.59. The van der Waals surface area contributed by atoms with Gasteiger partial charge in [-0.25, -0.2) is 14.0 Å². The standard InChI is InChI=1S/C18H15ClFN3O5/c1-9(28-16(24)8-27-15-5-2-10(20)6-12(15)19)17(25)21-11-3-4-13-14(7-11)23-18(26)22-13/h2-7,9H,8H2,1H3,(H,21,25)(H2,22,23,26)/t9-/m0/s1. The quantitative estimate of drug-likeness (QED) is 0.543. The van der Waals surface area contributed by atoms with Gasteiger partial charge in [-0.1, -0.05) is 11.6 Å². The highest BCUT2D eigenvalue weighted by Gasteiger charge is 2.19. The van der Waals surface area contributed by atoms with Crippen molar-refractivity contribution in [2.75, 3.05) is 11.9 Å². The number of ether oxygens (including phenoxy) is 2. The van der Waals surface area contributed by atoms with E-state index < -0.39 is 30.4 Å². The molecule has 0 saturated heterocycles. The van der Waals surface area contributed by atoms with E-state index in [4.69, 9.17) is 21.1 Å². The lowest BCUT2D eigenvalue weighted by atomic mass is 10.2. The fourth-order valence-corrected chi connectivity index (χ4v) is 2.59. The zero-order chi connectivity index (χ0) is 20.3. The molecule has 10 heteroatoms. The normalized spacial score (nSPS) is 11.8. The molecule has 2 aromatic carbocycles. The number of carbonyl (C=O) groups is 2. The van der Waals surface area contributed by atoms with Gasteiger partial charge in [0, 0.05) is 5.69 Å². The van der Waals surface area contributed by atoms with Gasteiger partial charge in [0.1, 0.15) is 11.6 Å². The molecule has 0 fully saturated rings. The van der Waals surface area contributed by atoms with Gasteiger partial charge in [-0.2, -0.15) is 0 Å². The lowest BCUT2D eigenvalue weighted by Gasteiger charge is -2.14. The van der Waals surface area contributed by atoms with Crippen LogP contribution in [0.4, 0.5) is 10.1 Å². The van der Waals surface area contributed by atoms with E-state index in [0.29, 0.717) is 16.7 Å². The van der Waals surface area contributed by atoms with Crippen molar-refractivity contribution in [2.45, 2.75) is 13.0 Å². The average molecular weight is 408 g/mol. The van der Waals surface area contributed by atoms with Crippen LogP contribution >= 0.6 is 11.6 Å². The summed E-state index contributed by atoms with van der Waals surface area (Å²) < 4.78 is 23.1. The fourth-order valence-electron chi connectivity index (χ4n) is 2.37. The van der Waals surface area contributed by atoms with Gasteiger partial charge in [0.05, 0.1) is 16.1 Å². The van der Waals surface area contributed by atoms with Crippen LogP contribution in [0.25, 0.3) is 11.0 Å². The summed E-state index contributed by atoms with van der Waals surface area (Å²) in [6.45, 7) is 0.897. The first kappa shape index (κ1) is 19.4. The molecule has 0 unspecified atom stereocenters. The predicted molar refractivity (Wildman–Crippen MR) is 100 cm³/mol. The maximum atomic E-state index is 13.0. The van der Waals surface area contributed by atoms with Crippen LogP contribution in [0, 0.1) is 5.82 Å². The van der Waals surface area contributed by atoms with Crippen molar-refractivity contribution >= 4 is 40.2 Å². The number of imidazole rings is 1. The number of hydrogen-bond acceptors (Lipinski definition) is 5. The highest BCUT2D eigenvalue weighted by molar-refractivity contribution is 6.32. The van der Waals surface area contributed by atoms with Gasteiger partial charge < -0.3 is 24.8 Å². The van der Waals surface area contributed by atoms with E-state index in [1.54, 1.807) is 18.2 Å². The summed E-state index contributed by atoms with van der Waals surface area (Å²) in [4.78, 5) is 40.5. The number of H-pyrrole nitrogens is 2. The zero-order valence-electron chi connectivity index (χ0n) is 14.5. The Hall–Kier alpha value is -3.33. The number of halogens is 2. The molecule has 0 spiro atoms. The number of esters is 1. The number of benzene rings is 2. The summed E-state index contributed by atoms with van der Waals surface area (Å²) in [6, 6.07) is 8.25. The monoisotopic (exact) mass is 407 g/mol. The van der Waals surface area contributed by atoms with Crippen molar-refractivity contribution in [3.8, 4) is 5.75 Å². The summed E-state index contributed by atoms with van der Waals surface area (Å²) >= 11 is 5.80. The van der Waals surface area contributed by atoms with Crippen LogP contribution < -0.4 is 15.7 Å². The molecule has 0 aliphatic rings. The summed E-state index contributed by atoms with van der Waals surface area (Å²) in [5.74, 6) is -1.78. The van der Waals surface area contributed by atoms with Crippen LogP contribution in [-0.2, 0) is 14.3 Å². The number of anilines is 1. The van der Waals surface area contributed by atoms with Crippen molar-refractivity contribution in [1.82, 2.24) is 9.97 Å². The Kier molecular flexibility index (Phi) is 5.65. The lowest BCUT2D eigenvalue weighted by Crippen LogP contribution is -2.31. The second-order valence-corrected chi connectivity index (χ2v) is 6.23. The van der Waals surface area contributed by atoms with Gasteiger partial charge in [-0.3, -0.25) is 4.79 Å². The Labute approximate surface area is 162 Å². The molecule has 3 N–H and O–H groups in total. The first-order chi connectivity index (χ1) is 13.3. The number of aromatic amines is 2. The number of fused-ring (bicyclic) bond motifs is 1. The van der Waals surface area contributed by atoms with E-state index >= 15 is 0 Å². The van der Waals surface area contributed by atoms with Gasteiger partial charge in [0.25, 0.3) is 5.91 Å². The first-order valence-electron chi connectivity index (χ1n) is 8.12. The smallest absolute Gasteiger partial charge is 0.344 e. The Morgan fingerprint density at radius 1 is 1.18 bits per heavy atom. The summed E-state index contributed by atoms with van der Waals surface area (Å²) in [5.41, 5.74) is 1.18. The minimum atomic E-state index is -1.10. The van der Waals surface area contributed by atoms with Gasteiger partial charge in [-0.05, 0) is 43.3 Å². The minimum Gasteiger partial charge on any atom is -0.480 e. The number of nitrogens with one attached hydrogen (secondary N) is 3. The van der Waals surface area contributed by atoms with E-state index in [1.807, 2.05) is 0 Å². The largest absolute Gasteiger partial charge is 0.480 e. The first-order valence-corrected chi connectivity index (χ1v) is 8.50. The van der Waals surface area contributed by atoms with Crippen LogP contribution in [0.15, 0.2) is 41.2 Å². The van der Waals surface area contributed by atoms with Crippen LogP contribution in [0.5, 0.6) is 5.75 Å². The molecule has 3 rings (SSSR count). The third kappa shape index (κ3) is 4.68. The molecule has 1 heterocycles. The molecule has 1 atom stereocenters. The second-order valence-electron chi connectivity index (χ2n) is 5.82. The minimum absolute atomic E-state index is 0.0109. The van der Waals surface area contributed by atoms with Gasteiger partial charge >= 0.3 is 11.7 Å². The molecule has 28 heavy (non-hydrogen) atoms. The molecule has 0 aliphatic heterocycles. The van der Waals surface area contributed by atoms with Crippen molar-refractivity contribution in [3.05, 3.63) is 57.7 Å². The molecule has 146 valence electrons. The molecule has 0 radical (unpaired) electrons. The average Bonchev–Trinajstić information content (AvgIpc) is 3.00. The molecule has 0 aliphatic carbocycles. The highest BCUT2D eigenvalue weighted by Crippen LogP contribution is 2.24. The van der Waals surface area contributed by atoms with Gasteiger partial charge in [0.15, 0.2) is 12.7 Å². The van der Waals surface area contributed by atoms with Crippen LogP contribution in [-0.4, -0.2) is 34.6 Å². The number of hydrogen-bond donors (Lipinski definition) is 3. The zero-order valence-corrected chi connectivity index (χ0v) is 15.3. The van der Waals surface area contributed by atoms with Crippen LogP contribution in [0.1, 0.15) is 6.92 Å². The lowest BCUT2D eigenvalue weighted by molar-refractivity contribution is -0.155. The number of carbonyl (C=O) groups excluding carboxylic acids is 2. The fraction of sp³-hybridized carbons (Fsp3) is 0.167. The molecular formula is C18H15ClFN3O5. The molecule has 3 aromatic rings. The Morgan fingerprint density at radius 3 is 2.68 bits per heavy atom.